The fraction of sp³-hybridized carbons (Fsp3) is 0.179. The van der Waals surface area contributed by atoms with Crippen LogP contribution in [0.2, 0.25) is 0 Å². The summed E-state index contributed by atoms with van der Waals surface area (Å²) in [5.41, 5.74) is 8.11. The minimum atomic E-state index is -0.392. The molecule has 184 valence electrons. The second kappa shape index (κ2) is 11.6. The van der Waals surface area contributed by atoms with Crippen molar-refractivity contribution in [2.75, 3.05) is 28.7 Å². The SMILES string of the molecule is CCN(CC)c1ccc(/C=N/Nc2nc(-c3ccc(C)cc3)c(NC(=O)c3ccc(F)cc3)s2)cc1. The zero-order valence-corrected chi connectivity index (χ0v) is 21.3. The third-order valence-corrected chi connectivity index (χ3v) is 6.56. The van der Waals surface area contributed by atoms with Crippen molar-refractivity contribution in [2.24, 2.45) is 5.10 Å². The molecule has 1 heterocycles. The maximum absolute atomic E-state index is 13.3. The molecule has 1 aromatic heterocycles. The van der Waals surface area contributed by atoms with Gasteiger partial charge in [0.2, 0.25) is 5.13 Å². The van der Waals surface area contributed by atoms with Crippen LogP contribution in [-0.2, 0) is 0 Å². The lowest BCUT2D eigenvalue weighted by Crippen LogP contribution is -2.21. The van der Waals surface area contributed by atoms with Crippen LogP contribution in [0.15, 0.2) is 77.9 Å². The number of hydrogen-bond acceptors (Lipinski definition) is 6. The first-order chi connectivity index (χ1) is 17.5. The zero-order chi connectivity index (χ0) is 25.5. The van der Waals surface area contributed by atoms with Gasteiger partial charge in [0.05, 0.1) is 6.21 Å². The molecule has 2 N–H and O–H groups in total. The van der Waals surface area contributed by atoms with Crippen LogP contribution in [0.5, 0.6) is 0 Å². The van der Waals surface area contributed by atoms with E-state index in [1.54, 1.807) is 6.21 Å². The first-order valence-electron chi connectivity index (χ1n) is 11.8. The van der Waals surface area contributed by atoms with Crippen molar-refractivity contribution in [3.8, 4) is 11.3 Å². The van der Waals surface area contributed by atoms with E-state index < -0.39 is 5.82 Å². The summed E-state index contributed by atoms with van der Waals surface area (Å²) < 4.78 is 13.3. The highest BCUT2D eigenvalue weighted by molar-refractivity contribution is 7.20. The Hall–Kier alpha value is -4.04. The first-order valence-corrected chi connectivity index (χ1v) is 12.6. The molecule has 0 bridgehead atoms. The number of rotatable bonds is 9. The average Bonchev–Trinajstić information content (AvgIpc) is 3.28. The molecule has 3 aromatic carbocycles. The van der Waals surface area contributed by atoms with Crippen LogP contribution in [0, 0.1) is 12.7 Å². The number of carbonyl (C=O) groups is 1. The van der Waals surface area contributed by atoms with Gasteiger partial charge in [0.1, 0.15) is 16.5 Å². The molecule has 0 spiro atoms. The Kier molecular flexibility index (Phi) is 8.07. The van der Waals surface area contributed by atoms with Crippen molar-refractivity contribution in [1.29, 1.82) is 0 Å². The Morgan fingerprint density at radius 1 is 1.00 bits per heavy atom. The number of aryl methyl sites for hydroxylation is 1. The van der Waals surface area contributed by atoms with Gasteiger partial charge in [-0.1, -0.05) is 53.3 Å². The van der Waals surface area contributed by atoms with Crippen molar-refractivity contribution in [2.45, 2.75) is 20.8 Å². The molecular formula is C28H28FN5OS. The van der Waals surface area contributed by atoms with Crippen molar-refractivity contribution in [3.05, 3.63) is 95.3 Å². The smallest absolute Gasteiger partial charge is 0.256 e. The summed E-state index contributed by atoms with van der Waals surface area (Å²) in [5.74, 6) is -0.730. The number of nitrogens with one attached hydrogen (secondary N) is 2. The minimum Gasteiger partial charge on any atom is -0.372 e. The van der Waals surface area contributed by atoms with Gasteiger partial charge in [-0.25, -0.2) is 9.37 Å². The zero-order valence-electron chi connectivity index (χ0n) is 20.5. The van der Waals surface area contributed by atoms with E-state index in [-0.39, 0.29) is 5.91 Å². The van der Waals surface area contributed by atoms with Crippen molar-refractivity contribution < 1.29 is 9.18 Å². The summed E-state index contributed by atoms with van der Waals surface area (Å²) in [7, 11) is 0. The molecule has 0 aliphatic carbocycles. The molecule has 4 rings (SSSR count). The van der Waals surface area contributed by atoms with E-state index in [1.807, 2.05) is 43.3 Å². The highest BCUT2D eigenvalue weighted by Gasteiger charge is 2.16. The predicted octanol–water partition coefficient (Wildman–Crippen LogP) is 6.80. The quantitative estimate of drug-likeness (QED) is 0.195. The topological polar surface area (TPSA) is 69.6 Å². The fourth-order valence-corrected chi connectivity index (χ4v) is 4.49. The van der Waals surface area contributed by atoms with Gasteiger partial charge in [-0.3, -0.25) is 10.2 Å². The van der Waals surface area contributed by atoms with Crippen molar-refractivity contribution in [1.82, 2.24) is 4.98 Å². The molecule has 0 atom stereocenters. The second-order valence-electron chi connectivity index (χ2n) is 8.16. The van der Waals surface area contributed by atoms with E-state index >= 15 is 0 Å². The molecule has 0 aliphatic rings. The predicted molar refractivity (Wildman–Crippen MR) is 148 cm³/mol. The number of amides is 1. The Labute approximate surface area is 214 Å². The van der Waals surface area contributed by atoms with Gasteiger partial charge in [-0.05, 0) is 62.7 Å². The Balaban J connectivity index is 1.53. The molecule has 0 saturated carbocycles. The van der Waals surface area contributed by atoms with E-state index in [0.29, 0.717) is 21.4 Å². The maximum atomic E-state index is 13.3. The normalized spacial score (nSPS) is 11.0. The summed E-state index contributed by atoms with van der Waals surface area (Å²) in [5, 5.41) is 8.37. The number of hydrazone groups is 1. The van der Waals surface area contributed by atoms with Gasteiger partial charge >= 0.3 is 0 Å². The Morgan fingerprint density at radius 2 is 1.67 bits per heavy atom. The highest BCUT2D eigenvalue weighted by Crippen LogP contribution is 2.36. The fourth-order valence-electron chi connectivity index (χ4n) is 3.66. The average molecular weight is 502 g/mol. The molecule has 36 heavy (non-hydrogen) atoms. The van der Waals surface area contributed by atoms with Crippen LogP contribution in [0.4, 0.5) is 20.2 Å². The minimum absolute atomic E-state index is 0.338. The number of nitrogens with zero attached hydrogens (tertiary/aromatic N) is 3. The standard InChI is InChI=1S/C28H28FN5OS/c1-4-34(5-2)24-16-8-20(9-17-24)18-30-33-28-31-25(21-10-6-19(3)7-11-21)27(36-28)32-26(35)22-12-14-23(29)15-13-22/h6-18H,4-5H2,1-3H3,(H,31,33)(H,32,35)/b30-18+. The number of carbonyl (C=O) groups excluding carboxylic acids is 1. The second-order valence-corrected chi connectivity index (χ2v) is 9.16. The third kappa shape index (κ3) is 6.14. The lowest BCUT2D eigenvalue weighted by atomic mass is 10.1. The molecule has 0 fully saturated rings. The third-order valence-electron chi connectivity index (χ3n) is 5.68. The largest absolute Gasteiger partial charge is 0.372 e. The van der Waals surface area contributed by atoms with Gasteiger partial charge in [-0.15, -0.1) is 0 Å². The summed E-state index contributed by atoms with van der Waals surface area (Å²) in [6, 6.07) is 21.5. The summed E-state index contributed by atoms with van der Waals surface area (Å²) in [6.45, 7) is 8.20. The number of hydrogen-bond donors (Lipinski definition) is 2. The molecule has 6 nitrogen and oxygen atoms in total. The van der Waals surface area contributed by atoms with Crippen LogP contribution in [0.25, 0.3) is 11.3 Å². The van der Waals surface area contributed by atoms with Crippen molar-refractivity contribution in [3.63, 3.8) is 0 Å². The van der Waals surface area contributed by atoms with Crippen LogP contribution in [0.3, 0.4) is 0 Å². The number of aromatic nitrogens is 1. The number of anilines is 3. The van der Waals surface area contributed by atoms with Crippen LogP contribution >= 0.6 is 11.3 Å². The highest BCUT2D eigenvalue weighted by atomic mass is 32.1. The van der Waals surface area contributed by atoms with Gasteiger partial charge in [0.25, 0.3) is 5.91 Å². The first kappa shape index (κ1) is 25.1. The molecule has 0 radical (unpaired) electrons. The van der Waals surface area contributed by atoms with E-state index in [9.17, 15) is 9.18 Å². The van der Waals surface area contributed by atoms with E-state index in [2.05, 4.69) is 51.7 Å². The Morgan fingerprint density at radius 3 is 2.31 bits per heavy atom. The van der Waals surface area contributed by atoms with E-state index in [4.69, 9.17) is 0 Å². The number of thiazole rings is 1. The molecule has 0 unspecified atom stereocenters. The van der Waals surface area contributed by atoms with Gasteiger partial charge < -0.3 is 10.2 Å². The summed E-state index contributed by atoms with van der Waals surface area (Å²) in [6.07, 6.45) is 1.73. The summed E-state index contributed by atoms with van der Waals surface area (Å²) in [4.78, 5) is 19.7. The van der Waals surface area contributed by atoms with Crippen LogP contribution in [-0.4, -0.2) is 30.2 Å². The number of benzene rings is 3. The monoisotopic (exact) mass is 501 g/mol. The maximum Gasteiger partial charge on any atom is 0.256 e. The number of halogens is 1. The van der Waals surface area contributed by atoms with Crippen LogP contribution in [0.1, 0.15) is 35.3 Å². The molecular weight excluding hydrogens is 473 g/mol. The molecule has 0 saturated heterocycles. The lowest BCUT2D eigenvalue weighted by molar-refractivity contribution is 0.102. The summed E-state index contributed by atoms with van der Waals surface area (Å²) >= 11 is 1.28. The van der Waals surface area contributed by atoms with E-state index in [0.717, 1.165) is 29.8 Å². The van der Waals surface area contributed by atoms with Gasteiger partial charge in [0, 0.05) is 29.9 Å². The van der Waals surface area contributed by atoms with Gasteiger partial charge in [0.15, 0.2) is 0 Å². The molecule has 4 aromatic rings. The molecule has 0 aliphatic heterocycles. The molecule has 1 amide bonds. The van der Waals surface area contributed by atoms with Crippen LogP contribution < -0.4 is 15.6 Å². The van der Waals surface area contributed by atoms with Crippen molar-refractivity contribution >= 4 is 39.3 Å². The Bertz CT molecular complexity index is 1330. The lowest BCUT2D eigenvalue weighted by Gasteiger charge is -2.20. The molecule has 8 heteroatoms. The van der Waals surface area contributed by atoms with E-state index in [1.165, 1.54) is 41.3 Å². The van der Waals surface area contributed by atoms with Gasteiger partial charge in [-0.2, -0.15) is 5.10 Å².